The van der Waals surface area contributed by atoms with Crippen LogP contribution in [-0.4, -0.2) is 54.4 Å². The molecule has 0 bridgehead atoms. The fourth-order valence-electron chi connectivity index (χ4n) is 3.23. The van der Waals surface area contributed by atoms with Crippen LogP contribution in [0.5, 0.6) is 5.75 Å². The average Bonchev–Trinajstić information content (AvgIpc) is 2.79. The lowest BCUT2D eigenvalue weighted by atomic mass is 9.98. The number of carbonyl (C=O) groups excluding carboxylic acids is 1. The summed E-state index contributed by atoms with van der Waals surface area (Å²) in [5, 5.41) is 19.3. The molecule has 1 fully saturated rings. The normalized spacial score (nSPS) is 14.0. The molecule has 2 aromatic rings. The highest BCUT2D eigenvalue weighted by Gasteiger charge is 2.38. The van der Waals surface area contributed by atoms with Crippen molar-refractivity contribution in [2.24, 2.45) is 5.92 Å². The second kappa shape index (κ2) is 11.4. The number of hydrogen-bond donors (Lipinski definition) is 3. The Balaban J connectivity index is 0.000000509. The van der Waals surface area contributed by atoms with Gasteiger partial charge in [0.2, 0.25) is 0 Å². The zero-order valence-corrected chi connectivity index (χ0v) is 18.6. The summed E-state index contributed by atoms with van der Waals surface area (Å²) in [6.45, 7) is 4.01. The molecule has 11 heteroatoms. The molecule has 0 spiro atoms. The van der Waals surface area contributed by atoms with E-state index < -0.39 is 18.1 Å². The van der Waals surface area contributed by atoms with Crippen molar-refractivity contribution in [3.8, 4) is 5.75 Å². The third-order valence-corrected chi connectivity index (χ3v) is 5.21. The number of piperidine rings is 1. The summed E-state index contributed by atoms with van der Waals surface area (Å²) >= 11 is 0. The fourth-order valence-corrected chi connectivity index (χ4v) is 3.23. The van der Waals surface area contributed by atoms with E-state index in [2.05, 4.69) is 17.1 Å². The third kappa shape index (κ3) is 7.39. The molecule has 0 radical (unpaired) electrons. The highest BCUT2D eigenvalue weighted by atomic mass is 19.4. The number of amides is 1. The Morgan fingerprint density at radius 2 is 1.53 bits per heavy atom. The van der Waals surface area contributed by atoms with Gasteiger partial charge in [-0.3, -0.25) is 4.79 Å². The fraction of sp³-hybridized carbons (Fsp3) is 0.348. The first-order valence-corrected chi connectivity index (χ1v) is 10.3. The van der Waals surface area contributed by atoms with Crippen LogP contribution in [0.4, 0.5) is 24.5 Å². The van der Waals surface area contributed by atoms with E-state index in [0.29, 0.717) is 22.9 Å². The Hall–Kier alpha value is -3.76. The molecular formula is C23H25F3N2O6. The molecule has 1 aliphatic heterocycles. The molecule has 2 aromatic carbocycles. The maximum absolute atomic E-state index is 12.7. The number of carboxylic acids is 2. The van der Waals surface area contributed by atoms with Crippen LogP contribution in [0.3, 0.4) is 0 Å². The number of hydrogen-bond acceptors (Lipinski definition) is 5. The van der Waals surface area contributed by atoms with Crippen molar-refractivity contribution in [2.45, 2.75) is 25.9 Å². The quantitative estimate of drug-likeness (QED) is 0.574. The molecule has 1 aliphatic rings. The van der Waals surface area contributed by atoms with Crippen LogP contribution < -0.4 is 15.0 Å². The van der Waals surface area contributed by atoms with Crippen LogP contribution in [0.1, 0.15) is 40.5 Å². The second-order valence-electron chi connectivity index (χ2n) is 7.69. The van der Waals surface area contributed by atoms with Gasteiger partial charge in [0.05, 0.1) is 24.0 Å². The molecule has 3 rings (SSSR count). The predicted octanol–water partition coefficient (Wildman–Crippen LogP) is 4.52. The summed E-state index contributed by atoms with van der Waals surface area (Å²) in [6, 6.07) is 11.7. The van der Waals surface area contributed by atoms with Crippen molar-refractivity contribution in [1.29, 1.82) is 0 Å². The van der Waals surface area contributed by atoms with Crippen LogP contribution in [0.15, 0.2) is 42.5 Å². The minimum Gasteiger partial charge on any atom is -0.497 e. The van der Waals surface area contributed by atoms with Gasteiger partial charge in [-0.05, 0) is 61.2 Å². The van der Waals surface area contributed by atoms with E-state index in [1.54, 1.807) is 43.5 Å². The lowest BCUT2D eigenvalue weighted by Gasteiger charge is -2.33. The van der Waals surface area contributed by atoms with E-state index in [0.717, 1.165) is 31.6 Å². The Bertz CT molecular complexity index is 1020. The first kappa shape index (κ1) is 26.5. The summed E-state index contributed by atoms with van der Waals surface area (Å²) in [6.07, 6.45) is -2.93. The van der Waals surface area contributed by atoms with Gasteiger partial charge in [0.1, 0.15) is 5.75 Å². The number of rotatable bonds is 5. The maximum atomic E-state index is 12.7. The van der Waals surface area contributed by atoms with Gasteiger partial charge in [-0.2, -0.15) is 13.2 Å². The van der Waals surface area contributed by atoms with Crippen molar-refractivity contribution < 1.29 is 42.5 Å². The van der Waals surface area contributed by atoms with E-state index in [1.807, 2.05) is 0 Å². The van der Waals surface area contributed by atoms with Crippen LogP contribution in [0.2, 0.25) is 0 Å². The molecule has 1 saturated heterocycles. The van der Waals surface area contributed by atoms with Crippen LogP contribution in [0, 0.1) is 5.92 Å². The highest BCUT2D eigenvalue weighted by molar-refractivity contribution is 6.06. The molecular weight excluding hydrogens is 457 g/mol. The Morgan fingerprint density at radius 1 is 1.00 bits per heavy atom. The van der Waals surface area contributed by atoms with Crippen molar-refractivity contribution in [1.82, 2.24) is 0 Å². The lowest BCUT2D eigenvalue weighted by molar-refractivity contribution is -0.192. The van der Waals surface area contributed by atoms with Crippen molar-refractivity contribution in [2.75, 3.05) is 30.4 Å². The average molecular weight is 482 g/mol. The standard InChI is InChI=1S/C21H24N2O4.C2HF3O2/c1-14-9-11-23(12-10-14)19-8-5-16(21(25)26)13-18(19)22-20(24)15-3-6-17(27-2)7-4-15;3-2(4,5)1(6)7/h3-8,13-14H,9-12H2,1-2H3,(H,22,24)(H,25,26);(H,6,7). The monoisotopic (exact) mass is 482 g/mol. The van der Waals surface area contributed by atoms with Gasteiger partial charge in [0.15, 0.2) is 0 Å². The largest absolute Gasteiger partial charge is 0.497 e. The van der Waals surface area contributed by atoms with E-state index in [9.17, 15) is 27.9 Å². The summed E-state index contributed by atoms with van der Waals surface area (Å²) < 4.78 is 36.8. The van der Waals surface area contributed by atoms with Gasteiger partial charge in [-0.1, -0.05) is 6.92 Å². The van der Waals surface area contributed by atoms with Crippen molar-refractivity contribution >= 4 is 29.2 Å². The number of aliphatic carboxylic acids is 1. The van der Waals surface area contributed by atoms with Gasteiger partial charge in [0.25, 0.3) is 5.91 Å². The number of nitrogens with one attached hydrogen (secondary N) is 1. The van der Waals surface area contributed by atoms with Crippen LogP contribution in [-0.2, 0) is 4.79 Å². The molecule has 34 heavy (non-hydrogen) atoms. The van der Waals surface area contributed by atoms with E-state index in [4.69, 9.17) is 14.6 Å². The number of anilines is 2. The summed E-state index contributed by atoms with van der Waals surface area (Å²) in [5.74, 6) is -2.72. The first-order chi connectivity index (χ1) is 15.9. The van der Waals surface area contributed by atoms with E-state index in [-0.39, 0.29) is 11.5 Å². The predicted molar refractivity (Wildman–Crippen MR) is 119 cm³/mol. The van der Waals surface area contributed by atoms with E-state index in [1.165, 1.54) is 6.07 Å². The van der Waals surface area contributed by atoms with Gasteiger partial charge < -0.3 is 25.2 Å². The second-order valence-corrected chi connectivity index (χ2v) is 7.69. The van der Waals surface area contributed by atoms with Gasteiger partial charge in [-0.25, -0.2) is 9.59 Å². The number of nitrogens with zero attached hydrogens (tertiary/aromatic N) is 1. The molecule has 184 valence electrons. The number of carbonyl (C=O) groups is 3. The van der Waals surface area contributed by atoms with Gasteiger partial charge >= 0.3 is 18.1 Å². The Kier molecular flexibility index (Phi) is 8.88. The molecule has 0 aliphatic carbocycles. The number of ether oxygens (including phenoxy) is 1. The Labute approximate surface area is 193 Å². The first-order valence-electron chi connectivity index (χ1n) is 10.3. The van der Waals surface area contributed by atoms with E-state index >= 15 is 0 Å². The smallest absolute Gasteiger partial charge is 0.490 e. The van der Waals surface area contributed by atoms with Gasteiger partial charge in [-0.15, -0.1) is 0 Å². The zero-order valence-electron chi connectivity index (χ0n) is 18.6. The van der Waals surface area contributed by atoms with Crippen molar-refractivity contribution in [3.05, 3.63) is 53.6 Å². The van der Waals surface area contributed by atoms with Crippen LogP contribution in [0.25, 0.3) is 0 Å². The molecule has 3 N–H and O–H groups in total. The topological polar surface area (TPSA) is 116 Å². The number of halogens is 3. The lowest BCUT2D eigenvalue weighted by Crippen LogP contribution is -2.33. The number of methoxy groups -OCH3 is 1. The summed E-state index contributed by atoms with van der Waals surface area (Å²) in [7, 11) is 1.57. The molecule has 8 nitrogen and oxygen atoms in total. The maximum Gasteiger partial charge on any atom is 0.490 e. The SMILES string of the molecule is COc1ccc(C(=O)Nc2cc(C(=O)O)ccc2N2CCC(C)CC2)cc1.O=C(O)C(F)(F)F. The minimum absolute atomic E-state index is 0.147. The molecule has 0 unspecified atom stereocenters. The van der Waals surface area contributed by atoms with Gasteiger partial charge in [0, 0.05) is 18.7 Å². The number of benzene rings is 2. The minimum atomic E-state index is -5.08. The number of aromatic carboxylic acids is 1. The molecule has 0 saturated carbocycles. The van der Waals surface area contributed by atoms with Crippen molar-refractivity contribution in [3.63, 3.8) is 0 Å². The zero-order chi connectivity index (χ0) is 25.5. The summed E-state index contributed by atoms with van der Waals surface area (Å²) in [4.78, 5) is 35.1. The Morgan fingerprint density at radius 3 is 2.00 bits per heavy atom. The highest BCUT2D eigenvalue weighted by Crippen LogP contribution is 2.31. The number of alkyl halides is 3. The third-order valence-electron chi connectivity index (χ3n) is 5.21. The molecule has 0 atom stereocenters. The summed E-state index contributed by atoms with van der Waals surface area (Å²) in [5.41, 5.74) is 2.00. The molecule has 1 amide bonds. The van der Waals surface area contributed by atoms with Crippen LogP contribution >= 0.6 is 0 Å². The molecule has 1 heterocycles. The number of carboxylic acid groups (broad SMARTS) is 2. The molecule has 0 aromatic heterocycles.